The summed E-state index contributed by atoms with van der Waals surface area (Å²) in [5.41, 5.74) is 2.64. The molecule has 0 atom stereocenters. The van der Waals surface area contributed by atoms with E-state index in [1.807, 2.05) is 24.3 Å². The Kier molecular flexibility index (Phi) is 8.20. The normalized spacial score (nSPS) is 13.6. The van der Waals surface area contributed by atoms with Crippen molar-refractivity contribution in [2.75, 3.05) is 0 Å². The van der Waals surface area contributed by atoms with E-state index in [9.17, 15) is 15.3 Å². The minimum Gasteiger partial charge on any atom is -0.507 e. The van der Waals surface area contributed by atoms with Crippen molar-refractivity contribution < 1.29 is 15.3 Å². The number of aliphatic hydroxyl groups is 1. The molecule has 5 heteroatoms. The number of rotatable bonds is 4. The highest BCUT2D eigenvalue weighted by atomic mass is 32.2. The van der Waals surface area contributed by atoms with Crippen LogP contribution in [0.5, 0.6) is 11.5 Å². The molecular weight excluding hydrogens is 460 g/mol. The topological polar surface area (TPSA) is 60.7 Å². The van der Waals surface area contributed by atoms with Crippen LogP contribution in [0.2, 0.25) is 0 Å². The van der Waals surface area contributed by atoms with E-state index in [1.54, 1.807) is 0 Å². The molecule has 0 spiro atoms. The van der Waals surface area contributed by atoms with Crippen LogP contribution in [0.1, 0.15) is 105 Å². The Labute approximate surface area is 215 Å². The number of aromatic hydroxyl groups is 2. The molecule has 0 aliphatic carbocycles. The van der Waals surface area contributed by atoms with Gasteiger partial charge in [-0.3, -0.25) is 0 Å². The van der Waals surface area contributed by atoms with Gasteiger partial charge >= 0.3 is 0 Å². The maximum Gasteiger partial charge on any atom is 0.155 e. The summed E-state index contributed by atoms with van der Waals surface area (Å²) in [7, 11) is 0. The van der Waals surface area contributed by atoms with Crippen LogP contribution in [0.15, 0.2) is 34.1 Å². The molecule has 3 N–H and O–H groups in total. The van der Waals surface area contributed by atoms with Gasteiger partial charge in [-0.15, -0.1) is 0 Å². The van der Waals surface area contributed by atoms with Crippen molar-refractivity contribution >= 4 is 23.5 Å². The Bertz CT molecular complexity index is 876. The Morgan fingerprint density at radius 1 is 0.500 bits per heavy atom. The Morgan fingerprint density at radius 3 is 0.882 bits per heavy atom. The molecule has 0 bridgehead atoms. The lowest BCUT2D eigenvalue weighted by Crippen LogP contribution is -2.17. The van der Waals surface area contributed by atoms with Crippen molar-refractivity contribution in [1.82, 2.24) is 0 Å². The lowest BCUT2D eigenvalue weighted by atomic mass is 9.79. The van der Waals surface area contributed by atoms with Crippen molar-refractivity contribution in [3.63, 3.8) is 0 Å². The third-order valence-corrected chi connectivity index (χ3v) is 7.87. The Balaban J connectivity index is 2.48. The molecule has 0 fully saturated rings. The largest absolute Gasteiger partial charge is 0.507 e. The van der Waals surface area contributed by atoms with Gasteiger partial charge in [0.1, 0.15) is 11.5 Å². The standard InChI is InChI=1S/C29H44O3S2/c1-26(2,3)19-13-17(14-20(23(19)30)27(4,5)6)33-25(32)34-18-15-21(28(7,8)9)24(31)22(16-18)29(10,11)12/h13-16,25,30-32H,1-12H3. The Morgan fingerprint density at radius 2 is 0.706 bits per heavy atom. The summed E-state index contributed by atoms with van der Waals surface area (Å²) in [5.74, 6) is 0.685. The number of benzene rings is 2. The fraction of sp³-hybridized carbons (Fsp3) is 0.586. The molecule has 3 nitrogen and oxygen atoms in total. The SMILES string of the molecule is CC(C)(C)c1cc(SC(O)Sc2cc(C(C)(C)C)c(O)c(C(C)(C)C)c2)cc(C(C)(C)C)c1O. The summed E-state index contributed by atoms with van der Waals surface area (Å²) in [5, 5.41) is 33.1. The molecule has 0 heterocycles. The van der Waals surface area contributed by atoms with Gasteiger partial charge in [-0.25, -0.2) is 0 Å². The number of thioether (sulfide) groups is 2. The molecule has 34 heavy (non-hydrogen) atoms. The summed E-state index contributed by atoms with van der Waals surface area (Å²) < 4.78 is -0.740. The Hall–Kier alpha value is -1.30. The van der Waals surface area contributed by atoms with E-state index in [4.69, 9.17) is 0 Å². The summed E-state index contributed by atoms with van der Waals surface area (Å²) in [6, 6.07) is 7.99. The predicted octanol–water partition coefficient (Wildman–Crippen LogP) is 8.45. The van der Waals surface area contributed by atoms with Gasteiger partial charge < -0.3 is 15.3 Å². The van der Waals surface area contributed by atoms with E-state index in [1.165, 1.54) is 23.5 Å². The molecule has 0 aliphatic heterocycles. The van der Waals surface area contributed by atoms with E-state index < -0.39 is 4.77 Å². The van der Waals surface area contributed by atoms with Gasteiger partial charge in [0.05, 0.1) is 0 Å². The first-order chi connectivity index (χ1) is 15.1. The van der Waals surface area contributed by atoms with Gasteiger partial charge in [0, 0.05) is 32.0 Å². The first-order valence-corrected chi connectivity index (χ1v) is 13.7. The van der Waals surface area contributed by atoms with Crippen molar-refractivity contribution in [1.29, 1.82) is 0 Å². The van der Waals surface area contributed by atoms with Gasteiger partial charge in [0.25, 0.3) is 0 Å². The van der Waals surface area contributed by atoms with Gasteiger partial charge in [0.15, 0.2) is 4.77 Å². The van der Waals surface area contributed by atoms with Gasteiger partial charge in [-0.05, 0) is 45.9 Å². The van der Waals surface area contributed by atoms with Crippen LogP contribution in [-0.2, 0) is 21.7 Å². The summed E-state index contributed by atoms with van der Waals surface area (Å²) in [4.78, 5) is 1.86. The molecule has 2 aromatic carbocycles. The number of phenols is 2. The molecule has 0 aromatic heterocycles. The average Bonchev–Trinajstić information content (AvgIpc) is 2.60. The van der Waals surface area contributed by atoms with Gasteiger partial charge in [-0.1, -0.05) is 107 Å². The molecule has 190 valence electrons. The van der Waals surface area contributed by atoms with Crippen LogP contribution in [0.3, 0.4) is 0 Å². The first kappa shape index (κ1) is 28.9. The average molecular weight is 505 g/mol. The van der Waals surface area contributed by atoms with E-state index in [2.05, 4.69) is 83.1 Å². The van der Waals surface area contributed by atoms with Crippen molar-refractivity contribution in [3.05, 3.63) is 46.5 Å². The number of hydrogen-bond acceptors (Lipinski definition) is 5. The second-order valence-electron chi connectivity index (χ2n) is 13.3. The highest BCUT2D eigenvalue weighted by molar-refractivity contribution is 8.16. The van der Waals surface area contributed by atoms with Gasteiger partial charge in [0.2, 0.25) is 0 Å². The van der Waals surface area contributed by atoms with Crippen LogP contribution in [0.25, 0.3) is 0 Å². The molecule has 0 saturated carbocycles. The zero-order chi connectivity index (χ0) is 26.4. The summed E-state index contributed by atoms with van der Waals surface area (Å²) in [6.07, 6.45) is 0. The maximum absolute atomic E-state index is 11.1. The molecule has 0 aliphatic rings. The highest BCUT2D eigenvalue weighted by Crippen LogP contribution is 2.46. The van der Waals surface area contributed by atoms with Crippen LogP contribution in [0, 0.1) is 0 Å². The zero-order valence-electron chi connectivity index (χ0n) is 23.0. The molecule has 0 amide bonds. The smallest absolute Gasteiger partial charge is 0.155 e. The number of hydrogen-bond donors (Lipinski definition) is 3. The van der Waals surface area contributed by atoms with Crippen LogP contribution >= 0.6 is 23.5 Å². The number of aliphatic hydroxyl groups excluding tert-OH is 1. The second kappa shape index (κ2) is 9.63. The molecular formula is C29H44O3S2. The fourth-order valence-electron chi connectivity index (χ4n) is 3.90. The molecule has 2 aromatic rings. The monoisotopic (exact) mass is 504 g/mol. The zero-order valence-corrected chi connectivity index (χ0v) is 24.7. The minimum atomic E-state index is -0.740. The number of phenolic OH excluding ortho intramolecular Hbond substituents is 2. The maximum atomic E-state index is 11.1. The first-order valence-electron chi connectivity index (χ1n) is 11.9. The van der Waals surface area contributed by atoms with Crippen LogP contribution < -0.4 is 0 Å². The molecule has 0 saturated heterocycles. The van der Waals surface area contributed by atoms with E-state index in [0.29, 0.717) is 11.5 Å². The third-order valence-electron chi connectivity index (χ3n) is 5.87. The van der Waals surface area contributed by atoms with E-state index >= 15 is 0 Å². The summed E-state index contributed by atoms with van der Waals surface area (Å²) in [6.45, 7) is 25.1. The van der Waals surface area contributed by atoms with E-state index in [0.717, 1.165) is 32.0 Å². The molecule has 0 radical (unpaired) electrons. The van der Waals surface area contributed by atoms with Crippen molar-refractivity contribution in [2.24, 2.45) is 0 Å². The predicted molar refractivity (Wildman–Crippen MR) is 149 cm³/mol. The minimum absolute atomic E-state index is 0.223. The quantitative estimate of drug-likeness (QED) is 0.288. The van der Waals surface area contributed by atoms with Crippen LogP contribution in [-0.4, -0.2) is 20.1 Å². The second-order valence-corrected chi connectivity index (χ2v) is 15.9. The third kappa shape index (κ3) is 6.89. The summed E-state index contributed by atoms with van der Waals surface area (Å²) >= 11 is 2.77. The lowest BCUT2D eigenvalue weighted by molar-refractivity contribution is 0.345. The van der Waals surface area contributed by atoms with E-state index in [-0.39, 0.29) is 21.7 Å². The van der Waals surface area contributed by atoms with Crippen molar-refractivity contribution in [2.45, 2.75) is 119 Å². The lowest BCUT2D eigenvalue weighted by Gasteiger charge is -2.29. The highest BCUT2D eigenvalue weighted by Gasteiger charge is 2.29. The fourth-order valence-corrected chi connectivity index (χ4v) is 5.96. The molecule has 0 unspecified atom stereocenters. The van der Waals surface area contributed by atoms with Gasteiger partial charge in [-0.2, -0.15) is 0 Å². The van der Waals surface area contributed by atoms with Crippen molar-refractivity contribution in [3.8, 4) is 11.5 Å². The van der Waals surface area contributed by atoms with Crippen LogP contribution in [0.4, 0.5) is 0 Å². The molecule has 2 rings (SSSR count).